The number of unbranched alkanes of at least 4 members (excludes halogenated alkanes) is 1. The Balaban J connectivity index is -0.000000980. The van der Waals surface area contributed by atoms with Gasteiger partial charge in [0.05, 0.1) is 0 Å². The largest absolute Gasteiger partial charge is 0.481 e. The van der Waals surface area contributed by atoms with Crippen LogP contribution in [-0.2, 0) is 4.79 Å². The summed E-state index contributed by atoms with van der Waals surface area (Å²) in [6.07, 6.45) is 3.53. The lowest BCUT2D eigenvalue weighted by atomic mass is 9.63. The van der Waals surface area contributed by atoms with Crippen LogP contribution in [0.4, 0.5) is 0 Å². The van der Waals surface area contributed by atoms with E-state index in [0.717, 1.165) is 25.8 Å². The SMILES string of the molecule is BC(CCCC)(CCNC(C)C)C(=O)O.Cl.Cl. The van der Waals surface area contributed by atoms with Crippen LogP contribution in [0.3, 0.4) is 0 Å². The van der Waals surface area contributed by atoms with Crippen LogP contribution in [0.2, 0.25) is 5.31 Å². The van der Waals surface area contributed by atoms with Crippen molar-refractivity contribution in [2.45, 2.75) is 57.8 Å². The van der Waals surface area contributed by atoms with Crippen molar-refractivity contribution in [2.75, 3.05) is 6.54 Å². The molecule has 0 bridgehead atoms. The highest BCUT2D eigenvalue weighted by Gasteiger charge is 2.31. The summed E-state index contributed by atoms with van der Waals surface area (Å²) in [6.45, 7) is 7.02. The Bertz CT molecular complexity index is 206. The number of hydrogen-bond acceptors (Lipinski definition) is 2. The molecule has 1 atom stereocenters. The maximum Gasteiger partial charge on any atom is 0.301 e. The van der Waals surface area contributed by atoms with Crippen molar-refractivity contribution in [2.24, 2.45) is 0 Å². The second-order valence-electron chi connectivity index (χ2n) is 4.83. The molecule has 0 rings (SSSR count). The first-order valence-electron chi connectivity index (χ1n) is 5.89. The lowest BCUT2D eigenvalue weighted by molar-refractivity contribution is -0.141. The third kappa shape index (κ3) is 9.75. The summed E-state index contributed by atoms with van der Waals surface area (Å²) in [6, 6.07) is 0.425. The summed E-state index contributed by atoms with van der Waals surface area (Å²) < 4.78 is 0. The van der Waals surface area contributed by atoms with Crippen molar-refractivity contribution in [1.82, 2.24) is 5.32 Å². The molecular weight excluding hydrogens is 260 g/mol. The van der Waals surface area contributed by atoms with Gasteiger partial charge in [-0.3, -0.25) is 4.79 Å². The molecule has 0 spiro atoms. The van der Waals surface area contributed by atoms with Gasteiger partial charge in [-0.25, -0.2) is 0 Å². The topological polar surface area (TPSA) is 49.3 Å². The van der Waals surface area contributed by atoms with Gasteiger partial charge in [0.2, 0.25) is 0 Å². The lowest BCUT2D eigenvalue weighted by Crippen LogP contribution is -2.31. The number of carboxylic acid groups (broad SMARTS) is 1. The van der Waals surface area contributed by atoms with Crippen molar-refractivity contribution < 1.29 is 9.90 Å². The third-order valence-electron chi connectivity index (χ3n) is 2.83. The van der Waals surface area contributed by atoms with E-state index in [2.05, 4.69) is 26.1 Å². The van der Waals surface area contributed by atoms with Gasteiger partial charge in [-0.15, -0.1) is 24.8 Å². The van der Waals surface area contributed by atoms with E-state index < -0.39 is 11.3 Å². The van der Waals surface area contributed by atoms with Gasteiger partial charge in [-0.05, 0) is 19.4 Å². The van der Waals surface area contributed by atoms with Gasteiger partial charge >= 0.3 is 5.97 Å². The van der Waals surface area contributed by atoms with E-state index in [1.807, 2.05) is 7.85 Å². The van der Waals surface area contributed by atoms with Gasteiger partial charge in [-0.2, -0.15) is 0 Å². The smallest absolute Gasteiger partial charge is 0.301 e. The van der Waals surface area contributed by atoms with Gasteiger partial charge in [0.1, 0.15) is 7.85 Å². The molecule has 0 amide bonds. The van der Waals surface area contributed by atoms with Crippen LogP contribution >= 0.6 is 24.8 Å². The molecule has 0 aromatic rings. The molecule has 0 aromatic carbocycles. The highest BCUT2D eigenvalue weighted by Crippen LogP contribution is 2.32. The van der Waals surface area contributed by atoms with Gasteiger partial charge in [0.25, 0.3) is 0 Å². The predicted octanol–water partition coefficient (Wildman–Crippen LogP) is 2.28. The van der Waals surface area contributed by atoms with Crippen LogP contribution in [0, 0.1) is 0 Å². The predicted molar refractivity (Wildman–Crippen MR) is 80.6 cm³/mol. The number of carboxylic acids is 1. The number of nitrogens with one attached hydrogen (secondary N) is 1. The van der Waals surface area contributed by atoms with Crippen molar-refractivity contribution >= 4 is 38.6 Å². The average molecular weight is 286 g/mol. The summed E-state index contributed by atoms with van der Waals surface area (Å²) in [5.41, 5.74) is 0. The minimum atomic E-state index is -0.665. The molecule has 6 heteroatoms. The zero-order chi connectivity index (χ0) is 11.9. The monoisotopic (exact) mass is 285 g/mol. The van der Waals surface area contributed by atoms with Gasteiger partial charge in [0.15, 0.2) is 0 Å². The van der Waals surface area contributed by atoms with E-state index in [4.69, 9.17) is 0 Å². The highest BCUT2D eigenvalue weighted by atomic mass is 35.5. The molecule has 2 N–H and O–H groups in total. The van der Waals surface area contributed by atoms with E-state index in [-0.39, 0.29) is 24.8 Å². The molecule has 0 saturated heterocycles. The van der Waals surface area contributed by atoms with Gasteiger partial charge in [0, 0.05) is 11.4 Å². The minimum absolute atomic E-state index is 0. The molecule has 0 aliphatic rings. The Kier molecular flexibility index (Phi) is 14.6. The minimum Gasteiger partial charge on any atom is -0.481 e. The third-order valence-corrected chi connectivity index (χ3v) is 2.83. The van der Waals surface area contributed by atoms with Crippen molar-refractivity contribution in [1.29, 1.82) is 0 Å². The molecule has 0 heterocycles. The molecule has 0 radical (unpaired) electrons. The first-order chi connectivity index (χ1) is 6.92. The quantitative estimate of drug-likeness (QED) is 0.673. The van der Waals surface area contributed by atoms with Crippen LogP contribution < -0.4 is 5.32 Å². The fourth-order valence-corrected chi connectivity index (χ4v) is 1.54. The molecule has 17 heavy (non-hydrogen) atoms. The summed E-state index contributed by atoms with van der Waals surface area (Å²) in [5.74, 6) is -0.665. The van der Waals surface area contributed by atoms with E-state index in [1.165, 1.54) is 0 Å². The Hall–Kier alpha value is 0.0749. The van der Waals surface area contributed by atoms with E-state index in [1.54, 1.807) is 0 Å². The Labute approximate surface area is 118 Å². The normalized spacial score (nSPS) is 13.4. The second-order valence-corrected chi connectivity index (χ2v) is 4.83. The number of rotatable bonds is 8. The summed E-state index contributed by atoms with van der Waals surface area (Å²) in [4.78, 5) is 11.2. The van der Waals surface area contributed by atoms with Crippen LogP contribution in [-0.4, -0.2) is 31.5 Å². The van der Waals surface area contributed by atoms with Gasteiger partial charge < -0.3 is 10.4 Å². The number of aliphatic carboxylic acids is 1. The van der Waals surface area contributed by atoms with E-state index in [9.17, 15) is 9.90 Å². The van der Waals surface area contributed by atoms with Crippen LogP contribution in [0.1, 0.15) is 46.5 Å². The maximum atomic E-state index is 11.2. The molecule has 1 unspecified atom stereocenters. The Morgan fingerprint density at radius 3 is 2.24 bits per heavy atom. The van der Waals surface area contributed by atoms with Crippen LogP contribution in [0.15, 0.2) is 0 Å². The van der Waals surface area contributed by atoms with Crippen LogP contribution in [0.25, 0.3) is 0 Å². The van der Waals surface area contributed by atoms with Gasteiger partial charge in [-0.1, -0.05) is 33.6 Å². The molecular formula is C11H26BCl2NO2. The number of carbonyl (C=O) groups is 1. The van der Waals surface area contributed by atoms with Crippen molar-refractivity contribution in [3.05, 3.63) is 0 Å². The fraction of sp³-hybridized carbons (Fsp3) is 0.909. The Morgan fingerprint density at radius 1 is 1.35 bits per heavy atom. The Morgan fingerprint density at radius 2 is 1.88 bits per heavy atom. The zero-order valence-corrected chi connectivity index (χ0v) is 12.9. The molecule has 104 valence electrons. The number of hydrogen-bond donors (Lipinski definition) is 2. The standard InChI is InChI=1S/C11H24BNO2.2ClH/c1-4-5-6-11(12,10(14)15)7-8-13-9(2)3;;/h9,13H,4-8,12H2,1-3H3,(H,14,15);2*1H. The maximum absolute atomic E-state index is 11.2. The zero-order valence-electron chi connectivity index (χ0n) is 11.3. The average Bonchev–Trinajstić information content (AvgIpc) is 2.14. The molecule has 0 aliphatic carbocycles. The van der Waals surface area contributed by atoms with Crippen LogP contribution in [0.5, 0.6) is 0 Å². The van der Waals surface area contributed by atoms with E-state index >= 15 is 0 Å². The van der Waals surface area contributed by atoms with Crippen molar-refractivity contribution in [3.63, 3.8) is 0 Å². The molecule has 0 aromatic heterocycles. The molecule has 0 saturated carbocycles. The molecule has 3 nitrogen and oxygen atoms in total. The lowest BCUT2D eigenvalue weighted by Gasteiger charge is -2.25. The molecule has 0 aliphatic heterocycles. The summed E-state index contributed by atoms with van der Waals surface area (Å²) >= 11 is 0. The number of halogens is 2. The van der Waals surface area contributed by atoms with Crippen molar-refractivity contribution in [3.8, 4) is 0 Å². The second kappa shape index (κ2) is 11.2. The first-order valence-corrected chi connectivity index (χ1v) is 5.89. The van der Waals surface area contributed by atoms with E-state index in [0.29, 0.717) is 12.5 Å². The molecule has 0 fully saturated rings. The first kappa shape index (κ1) is 22.3. The summed E-state index contributed by atoms with van der Waals surface area (Å²) in [7, 11) is 1.85. The fourth-order valence-electron chi connectivity index (χ4n) is 1.54. The summed E-state index contributed by atoms with van der Waals surface area (Å²) in [5, 5.41) is 11.9. The highest BCUT2D eigenvalue weighted by molar-refractivity contribution is 6.26.